The van der Waals surface area contributed by atoms with Gasteiger partial charge >= 0.3 is 0 Å². The summed E-state index contributed by atoms with van der Waals surface area (Å²) in [6.45, 7) is 0.520. The van der Waals surface area contributed by atoms with Crippen molar-refractivity contribution in [2.24, 2.45) is 0 Å². The lowest BCUT2D eigenvalue weighted by atomic mass is 10.3. The van der Waals surface area contributed by atoms with Crippen molar-refractivity contribution >= 4 is 21.6 Å². The van der Waals surface area contributed by atoms with Gasteiger partial charge in [0, 0.05) is 39.4 Å². The Hall–Kier alpha value is -0.730. The Kier molecular flexibility index (Phi) is 4.98. The first-order valence-electron chi connectivity index (χ1n) is 6.09. The molecule has 0 radical (unpaired) electrons. The Morgan fingerprint density at radius 1 is 1.30 bits per heavy atom. The molecule has 0 amide bonds. The van der Waals surface area contributed by atoms with Gasteiger partial charge in [0.2, 0.25) is 0 Å². The fourth-order valence-corrected chi connectivity index (χ4v) is 3.67. The van der Waals surface area contributed by atoms with Crippen molar-refractivity contribution in [3.05, 3.63) is 23.9 Å². The number of rotatable bonds is 5. The van der Waals surface area contributed by atoms with Crippen LogP contribution >= 0.6 is 11.6 Å². The summed E-state index contributed by atoms with van der Waals surface area (Å²) in [5.74, 6) is 0.300. The minimum Gasteiger partial charge on any atom is -0.377 e. The fraction of sp³-hybridized carbons (Fsp3) is 0.583. The molecule has 0 spiro atoms. The average molecular weight is 321 g/mol. The molecule has 0 saturated carbocycles. The number of ether oxygens (including phenoxy) is 2. The van der Waals surface area contributed by atoms with Gasteiger partial charge in [-0.05, 0) is 11.6 Å². The second-order valence-electron chi connectivity index (χ2n) is 4.51. The van der Waals surface area contributed by atoms with E-state index in [4.69, 9.17) is 21.1 Å². The van der Waals surface area contributed by atoms with Crippen molar-refractivity contribution in [2.45, 2.75) is 23.1 Å². The van der Waals surface area contributed by atoms with E-state index in [1.807, 2.05) is 0 Å². The molecule has 0 aromatic carbocycles. The highest BCUT2D eigenvalue weighted by Gasteiger charge is 2.40. The Labute approximate surface area is 123 Å². The quantitative estimate of drug-likeness (QED) is 0.753. The van der Waals surface area contributed by atoms with E-state index in [2.05, 4.69) is 4.98 Å². The monoisotopic (exact) mass is 320 g/mol. The van der Waals surface area contributed by atoms with Gasteiger partial charge in [-0.3, -0.25) is 0 Å². The van der Waals surface area contributed by atoms with Crippen molar-refractivity contribution in [3.63, 3.8) is 0 Å². The lowest BCUT2D eigenvalue weighted by Crippen LogP contribution is -2.30. The Bertz CT molecular complexity index is 537. The summed E-state index contributed by atoms with van der Waals surface area (Å²) in [7, 11) is -0.547. The van der Waals surface area contributed by atoms with Crippen LogP contribution in [0, 0.1) is 0 Å². The molecule has 0 aliphatic carbocycles. The van der Waals surface area contributed by atoms with Crippen LogP contribution in [-0.2, 0) is 25.4 Å². The molecule has 2 heterocycles. The van der Waals surface area contributed by atoms with Crippen molar-refractivity contribution in [2.75, 3.05) is 27.3 Å². The highest BCUT2D eigenvalue weighted by atomic mass is 35.5. The van der Waals surface area contributed by atoms with Gasteiger partial charge in [-0.2, -0.15) is 4.31 Å². The topological polar surface area (TPSA) is 68.7 Å². The molecule has 8 heteroatoms. The lowest BCUT2D eigenvalue weighted by molar-refractivity contribution is -0.00461. The zero-order valence-electron chi connectivity index (χ0n) is 11.3. The molecule has 1 aromatic heterocycles. The maximum absolute atomic E-state index is 12.5. The van der Waals surface area contributed by atoms with Crippen LogP contribution < -0.4 is 0 Å². The molecule has 1 aliphatic heterocycles. The summed E-state index contributed by atoms with van der Waals surface area (Å²) >= 11 is 5.66. The summed E-state index contributed by atoms with van der Waals surface area (Å²) in [5, 5.41) is 0.0120. The lowest BCUT2D eigenvalue weighted by Gasteiger charge is -2.15. The molecule has 112 valence electrons. The second-order valence-corrected chi connectivity index (χ2v) is 6.66. The maximum Gasteiger partial charge on any atom is 0.260 e. The third kappa shape index (κ3) is 2.96. The van der Waals surface area contributed by atoms with Crippen LogP contribution in [0.15, 0.2) is 23.4 Å². The van der Waals surface area contributed by atoms with Gasteiger partial charge in [-0.15, -0.1) is 11.6 Å². The number of nitrogens with zero attached hydrogens (tertiary/aromatic N) is 2. The number of alkyl halides is 1. The van der Waals surface area contributed by atoms with Crippen LogP contribution in [0.5, 0.6) is 0 Å². The van der Waals surface area contributed by atoms with E-state index < -0.39 is 10.0 Å². The molecular weight excluding hydrogens is 304 g/mol. The summed E-state index contributed by atoms with van der Waals surface area (Å²) in [6, 6.07) is 3.12. The zero-order valence-corrected chi connectivity index (χ0v) is 12.9. The van der Waals surface area contributed by atoms with E-state index in [0.717, 1.165) is 5.56 Å². The largest absolute Gasteiger partial charge is 0.377 e. The van der Waals surface area contributed by atoms with Crippen LogP contribution in [0.1, 0.15) is 5.56 Å². The highest BCUT2D eigenvalue weighted by molar-refractivity contribution is 7.89. The minimum atomic E-state index is -3.63. The SMILES string of the molecule is COC1CN(S(=O)(=O)c2ccc(CCl)cn2)CC1OC. The number of aromatic nitrogens is 1. The standard InChI is InChI=1S/C12H17ClN2O4S/c1-18-10-7-15(8-11(10)19-2)20(16,17)12-4-3-9(5-13)6-14-12/h3-4,6,10-11H,5,7-8H2,1-2H3. The smallest absolute Gasteiger partial charge is 0.260 e. The number of methoxy groups -OCH3 is 2. The number of hydrogen-bond donors (Lipinski definition) is 0. The van der Waals surface area contributed by atoms with E-state index in [-0.39, 0.29) is 30.3 Å². The molecule has 6 nitrogen and oxygen atoms in total. The zero-order chi connectivity index (χ0) is 14.8. The summed E-state index contributed by atoms with van der Waals surface area (Å²) in [4.78, 5) is 3.97. The van der Waals surface area contributed by atoms with Crippen molar-refractivity contribution in [1.82, 2.24) is 9.29 Å². The van der Waals surface area contributed by atoms with Crippen LogP contribution in [0.25, 0.3) is 0 Å². The number of sulfonamides is 1. The highest BCUT2D eigenvalue weighted by Crippen LogP contribution is 2.23. The molecule has 1 saturated heterocycles. The predicted octanol–water partition coefficient (Wildman–Crippen LogP) is 0.855. The summed E-state index contributed by atoms with van der Waals surface area (Å²) < 4.78 is 36.8. The molecule has 2 rings (SSSR count). The Morgan fingerprint density at radius 3 is 2.30 bits per heavy atom. The Balaban J connectivity index is 2.22. The average Bonchev–Trinajstić information content (AvgIpc) is 2.91. The molecule has 0 bridgehead atoms. The van der Waals surface area contributed by atoms with E-state index in [1.165, 1.54) is 16.6 Å². The number of hydrogen-bond acceptors (Lipinski definition) is 5. The summed E-state index contributed by atoms with van der Waals surface area (Å²) in [5.41, 5.74) is 0.775. The summed E-state index contributed by atoms with van der Waals surface area (Å²) in [6.07, 6.45) is 0.936. The van der Waals surface area contributed by atoms with Gasteiger partial charge in [-0.25, -0.2) is 13.4 Å². The van der Waals surface area contributed by atoms with Crippen LogP contribution in [0.4, 0.5) is 0 Å². The van der Waals surface area contributed by atoms with E-state index in [0.29, 0.717) is 5.88 Å². The molecule has 2 atom stereocenters. The Morgan fingerprint density at radius 2 is 1.90 bits per heavy atom. The van der Waals surface area contributed by atoms with Gasteiger partial charge < -0.3 is 9.47 Å². The van der Waals surface area contributed by atoms with Crippen LogP contribution in [0.2, 0.25) is 0 Å². The van der Waals surface area contributed by atoms with Crippen molar-refractivity contribution in [3.8, 4) is 0 Å². The van der Waals surface area contributed by atoms with Crippen molar-refractivity contribution in [1.29, 1.82) is 0 Å². The van der Waals surface area contributed by atoms with Gasteiger partial charge in [0.1, 0.15) is 0 Å². The van der Waals surface area contributed by atoms with Gasteiger partial charge in [0.15, 0.2) is 5.03 Å². The third-order valence-electron chi connectivity index (χ3n) is 3.34. The van der Waals surface area contributed by atoms with E-state index in [1.54, 1.807) is 20.3 Å². The first-order chi connectivity index (χ1) is 9.52. The van der Waals surface area contributed by atoms with E-state index in [9.17, 15) is 8.42 Å². The van der Waals surface area contributed by atoms with Gasteiger partial charge in [0.25, 0.3) is 10.0 Å². The predicted molar refractivity (Wildman–Crippen MR) is 74.1 cm³/mol. The molecule has 20 heavy (non-hydrogen) atoms. The number of pyridine rings is 1. The molecule has 2 unspecified atom stereocenters. The van der Waals surface area contributed by atoms with Crippen LogP contribution in [0.3, 0.4) is 0 Å². The van der Waals surface area contributed by atoms with Crippen molar-refractivity contribution < 1.29 is 17.9 Å². The fourth-order valence-electron chi connectivity index (χ4n) is 2.13. The second kappa shape index (κ2) is 6.36. The normalized spacial score (nSPS) is 24.1. The molecule has 0 N–H and O–H groups in total. The molecule has 1 aromatic rings. The first-order valence-corrected chi connectivity index (χ1v) is 8.07. The maximum atomic E-state index is 12.5. The molecular formula is C12H17ClN2O4S. The molecule has 1 fully saturated rings. The minimum absolute atomic E-state index is 0.0120. The molecule has 1 aliphatic rings. The van der Waals surface area contributed by atoms with Gasteiger partial charge in [0.05, 0.1) is 12.2 Å². The van der Waals surface area contributed by atoms with Gasteiger partial charge in [-0.1, -0.05) is 6.07 Å². The van der Waals surface area contributed by atoms with E-state index >= 15 is 0 Å². The third-order valence-corrected chi connectivity index (χ3v) is 5.40. The first kappa shape index (κ1) is 15.7. The van der Waals surface area contributed by atoms with Crippen LogP contribution in [-0.4, -0.2) is 57.2 Å². The number of halogens is 1.